The van der Waals surface area contributed by atoms with Gasteiger partial charge in [0, 0.05) is 0 Å². The Kier molecular flexibility index (Phi) is 1.72. The van der Waals surface area contributed by atoms with E-state index in [9.17, 15) is 19.2 Å². The fourth-order valence-electron chi connectivity index (χ4n) is 2.93. The van der Waals surface area contributed by atoms with Crippen molar-refractivity contribution in [3.63, 3.8) is 0 Å². The lowest BCUT2D eigenvalue weighted by Gasteiger charge is -2.24. The molecule has 0 spiro atoms. The lowest BCUT2D eigenvalue weighted by molar-refractivity contribution is -0.174. The number of rotatable bonds is 0. The van der Waals surface area contributed by atoms with Crippen LogP contribution in [0.3, 0.4) is 0 Å². The van der Waals surface area contributed by atoms with Crippen LogP contribution >= 0.6 is 0 Å². The second-order valence-corrected chi connectivity index (χ2v) is 4.38. The minimum atomic E-state index is -0.694. The first-order valence-corrected chi connectivity index (χ1v) is 5.08. The molecule has 2 saturated heterocycles. The minimum absolute atomic E-state index is 0.0138. The molecule has 2 aliphatic heterocycles. The van der Waals surface area contributed by atoms with E-state index in [0.717, 1.165) is 0 Å². The third-order valence-corrected chi connectivity index (χ3v) is 3.62. The van der Waals surface area contributed by atoms with E-state index in [-0.39, 0.29) is 6.42 Å². The van der Waals surface area contributed by atoms with Crippen molar-refractivity contribution in [2.24, 2.45) is 23.7 Å². The topological polar surface area (TPSA) is 86.7 Å². The van der Waals surface area contributed by atoms with E-state index >= 15 is 0 Å². The van der Waals surface area contributed by atoms with Gasteiger partial charge in [0.15, 0.2) is 0 Å². The molecular formula is C10H8O6. The van der Waals surface area contributed by atoms with Crippen molar-refractivity contribution in [1.29, 1.82) is 0 Å². The van der Waals surface area contributed by atoms with Gasteiger partial charge in [-0.3, -0.25) is 19.2 Å². The van der Waals surface area contributed by atoms with Gasteiger partial charge < -0.3 is 9.47 Å². The molecule has 16 heavy (non-hydrogen) atoms. The molecule has 1 saturated carbocycles. The first-order chi connectivity index (χ1) is 7.58. The average Bonchev–Trinajstić information content (AvgIpc) is 2.52. The number of carbonyl (C=O) groups is 4. The summed E-state index contributed by atoms with van der Waals surface area (Å²) in [5.74, 6) is -4.83. The molecule has 0 amide bonds. The lowest BCUT2D eigenvalue weighted by Crippen LogP contribution is -2.37. The smallest absolute Gasteiger partial charge is 0.317 e. The molecule has 2 bridgehead atoms. The van der Waals surface area contributed by atoms with E-state index in [1.807, 2.05) is 0 Å². The Hall–Kier alpha value is -1.72. The van der Waals surface area contributed by atoms with Gasteiger partial charge in [0.2, 0.25) is 0 Å². The Morgan fingerprint density at radius 1 is 0.875 bits per heavy atom. The lowest BCUT2D eigenvalue weighted by atomic mass is 9.83. The van der Waals surface area contributed by atoms with Crippen LogP contribution < -0.4 is 0 Å². The Bertz CT molecular complexity index is 425. The monoisotopic (exact) mass is 224 g/mol. The fraction of sp³-hybridized carbons (Fsp3) is 0.600. The van der Waals surface area contributed by atoms with Crippen molar-refractivity contribution in [1.82, 2.24) is 0 Å². The zero-order chi connectivity index (χ0) is 11.4. The second-order valence-electron chi connectivity index (χ2n) is 4.38. The Labute approximate surface area is 89.9 Å². The Morgan fingerprint density at radius 2 is 1.56 bits per heavy atom. The zero-order valence-electron chi connectivity index (χ0n) is 8.17. The molecule has 0 aromatic carbocycles. The summed E-state index contributed by atoms with van der Waals surface area (Å²) in [6.45, 7) is 0. The molecule has 3 rings (SSSR count). The molecule has 1 aliphatic carbocycles. The molecule has 0 N–H and O–H groups in total. The highest BCUT2D eigenvalue weighted by Gasteiger charge is 2.60. The van der Waals surface area contributed by atoms with Crippen molar-refractivity contribution >= 4 is 23.9 Å². The van der Waals surface area contributed by atoms with Gasteiger partial charge >= 0.3 is 23.9 Å². The predicted octanol–water partition coefficient (Wildman–Crippen LogP) is -0.588. The zero-order valence-corrected chi connectivity index (χ0v) is 8.17. The highest BCUT2D eigenvalue weighted by atomic mass is 16.6. The van der Waals surface area contributed by atoms with Gasteiger partial charge in [0.1, 0.15) is 0 Å². The van der Waals surface area contributed by atoms with Crippen molar-refractivity contribution < 1.29 is 28.7 Å². The summed E-state index contributed by atoms with van der Waals surface area (Å²) in [6, 6.07) is 0. The van der Waals surface area contributed by atoms with E-state index < -0.39 is 47.5 Å². The molecule has 0 radical (unpaired) electrons. The van der Waals surface area contributed by atoms with E-state index in [1.54, 1.807) is 0 Å². The first-order valence-electron chi connectivity index (χ1n) is 5.08. The van der Waals surface area contributed by atoms with Gasteiger partial charge in [-0.2, -0.15) is 0 Å². The van der Waals surface area contributed by atoms with Crippen LogP contribution in [0.15, 0.2) is 0 Å². The SMILES string of the molecule is O=C1CC2C3C[C@H](C(=O)OC3=O)C2C(=O)O1. The molecule has 3 aliphatic rings. The van der Waals surface area contributed by atoms with Gasteiger partial charge in [-0.1, -0.05) is 0 Å². The fourth-order valence-corrected chi connectivity index (χ4v) is 2.93. The van der Waals surface area contributed by atoms with Crippen LogP contribution in [-0.4, -0.2) is 23.9 Å². The standard InChI is InChI=1S/C10H8O6/c11-6-2-3-4-1-5(7(3)10(14)15-6)9(13)16-8(4)12/h3-5,7H,1-2H2/t3?,4?,5-,7?/m0/s1. The quantitative estimate of drug-likeness (QED) is 0.404. The van der Waals surface area contributed by atoms with Crippen LogP contribution in [0.4, 0.5) is 0 Å². The maximum absolute atomic E-state index is 11.5. The number of hydrogen-bond acceptors (Lipinski definition) is 6. The summed E-state index contributed by atoms with van der Waals surface area (Å²) in [7, 11) is 0. The number of carbonyl (C=O) groups excluding carboxylic acids is 4. The number of ether oxygens (including phenoxy) is 2. The third-order valence-electron chi connectivity index (χ3n) is 3.62. The number of fused-ring (bicyclic) bond motifs is 5. The molecule has 0 aromatic heterocycles. The van der Waals surface area contributed by atoms with Gasteiger partial charge in [0.05, 0.1) is 24.2 Å². The second kappa shape index (κ2) is 2.90. The molecule has 4 atom stereocenters. The normalized spacial score (nSPS) is 41.5. The summed E-state index contributed by atoms with van der Waals surface area (Å²) in [6.07, 6.45) is 0.315. The molecule has 84 valence electrons. The Morgan fingerprint density at radius 3 is 2.31 bits per heavy atom. The van der Waals surface area contributed by atoms with Gasteiger partial charge in [-0.25, -0.2) is 0 Å². The average molecular weight is 224 g/mol. The highest BCUT2D eigenvalue weighted by Crippen LogP contribution is 2.49. The minimum Gasteiger partial charge on any atom is -0.393 e. The molecule has 3 fully saturated rings. The summed E-state index contributed by atoms with van der Waals surface area (Å²) in [5.41, 5.74) is 0. The van der Waals surface area contributed by atoms with E-state index in [1.165, 1.54) is 0 Å². The van der Waals surface area contributed by atoms with Gasteiger partial charge in [-0.05, 0) is 12.3 Å². The number of esters is 4. The molecule has 6 heteroatoms. The molecule has 2 heterocycles. The molecule has 0 aromatic rings. The van der Waals surface area contributed by atoms with Gasteiger partial charge in [0.25, 0.3) is 0 Å². The summed E-state index contributed by atoms with van der Waals surface area (Å²) < 4.78 is 9.05. The summed E-state index contributed by atoms with van der Waals surface area (Å²) in [4.78, 5) is 45.5. The summed E-state index contributed by atoms with van der Waals surface area (Å²) in [5, 5.41) is 0. The van der Waals surface area contributed by atoms with Crippen LogP contribution in [0, 0.1) is 23.7 Å². The molecule has 3 unspecified atom stereocenters. The van der Waals surface area contributed by atoms with Crippen LogP contribution in [-0.2, 0) is 28.7 Å². The third kappa shape index (κ3) is 1.07. The predicted molar refractivity (Wildman–Crippen MR) is 45.4 cm³/mol. The van der Waals surface area contributed by atoms with E-state index in [0.29, 0.717) is 6.42 Å². The van der Waals surface area contributed by atoms with Crippen LogP contribution in [0.5, 0.6) is 0 Å². The number of cyclic esters (lactones) is 4. The maximum Gasteiger partial charge on any atom is 0.317 e. The van der Waals surface area contributed by atoms with Crippen molar-refractivity contribution in [3.8, 4) is 0 Å². The maximum atomic E-state index is 11.5. The van der Waals surface area contributed by atoms with Crippen LogP contribution in [0.25, 0.3) is 0 Å². The van der Waals surface area contributed by atoms with Crippen molar-refractivity contribution in [2.75, 3.05) is 0 Å². The molecular weight excluding hydrogens is 216 g/mol. The van der Waals surface area contributed by atoms with Crippen molar-refractivity contribution in [3.05, 3.63) is 0 Å². The van der Waals surface area contributed by atoms with E-state index in [4.69, 9.17) is 0 Å². The van der Waals surface area contributed by atoms with Crippen LogP contribution in [0.2, 0.25) is 0 Å². The van der Waals surface area contributed by atoms with Crippen molar-refractivity contribution in [2.45, 2.75) is 12.8 Å². The highest BCUT2D eigenvalue weighted by molar-refractivity contribution is 5.99. The molecule has 6 nitrogen and oxygen atoms in total. The van der Waals surface area contributed by atoms with Gasteiger partial charge in [-0.15, -0.1) is 0 Å². The van der Waals surface area contributed by atoms with Crippen LogP contribution in [0.1, 0.15) is 12.8 Å². The first kappa shape index (κ1) is 9.50. The largest absolute Gasteiger partial charge is 0.393 e. The summed E-state index contributed by atoms with van der Waals surface area (Å²) >= 11 is 0. The Balaban J connectivity index is 2.02. The van der Waals surface area contributed by atoms with E-state index in [2.05, 4.69) is 9.47 Å². The number of hydrogen-bond donors (Lipinski definition) is 0.